The molecule has 49 heavy (non-hydrogen) atoms. The lowest BCUT2D eigenvalue weighted by atomic mass is 9.97. The minimum absolute atomic E-state index is 0.0626. The van der Waals surface area contributed by atoms with Crippen molar-refractivity contribution in [1.82, 2.24) is 9.62 Å². The van der Waals surface area contributed by atoms with Gasteiger partial charge in [-0.2, -0.15) is 0 Å². The Kier molecular flexibility index (Phi) is 13.6. The number of hydrogen-bond acceptors (Lipinski definition) is 8. The molecule has 0 saturated heterocycles. The van der Waals surface area contributed by atoms with E-state index in [2.05, 4.69) is 4.72 Å². The van der Waals surface area contributed by atoms with Crippen LogP contribution in [0.1, 0.15) is 93.3 Å². The maximum atomic E-state index is 13.2. The first kappa shape index (κ1) is 37.9. The summed E-state index contributed by atoms with van der Waals surface area (Å²) in [6.07, 6.45) is 4.61. The number of amides is 2. The largest absolute Gasteiger partial charge is 0.490 e. The van der Waals surface area contributed by atoms with Crippen molar-refractivity contribution >= 4 is 22.0 Å². The normalized spacial score (nSPS) is 14.6. The van der Waals surface area contributed by atoms with Crippen LogP contribution < -0.4 is 9.46 Å². The van der Waals surface area contributed by atoms with Crippen molar-refractivity contribution in [2.75, 3.05) is 25.4 Å². The molecular formula is C38H50N2O8S. The number of sulfonamides is 1. The summed E-state index contributed by atoms with van der Waals surface area (Å²) in [5.41, 5.74) is 2.85. The van der Waals surface area contributed by atoms with Crippen LogP contribution in [0.2, 0.25) is 0 Å². The highest BCUT2D eigenvalue weighted by molar-refractivity contribution is 7.90. The van der Waals surface area contributed by atoms with Gasteiger partial charge >= 0.3 is 6.09 Å². The number of aliphatic hydroxyl groups excluding tert-OH is 2. The van der Waals surface area contributed by atoms with Crippen LogP contribution in [0.15, 0.2) is 72.8 Å². The molecule has 4 rings (SSSR count). The van der Waals surface area contributed by atoms with Crippen molar-refractivity contribution in [3.8, 4) is 16.9 Å². The van der Waals surface area contributed by atoms with E-state index in [9.17, 15) is 23.1 Å². The number of carbonyl (C=O) groups excluding carboxylic acids is 2. The van der Waals surface area contributed by atoms with Crippen LogP contribution in [0.5, 0.6) is 5.75 Å². The van der Waals surface area contributed by atoms with Gasteiger partial charge in [-0.15, -0.1) is 0 Å². The van der Waals surface area contributed by atoms with Crippen molar-refractivity contribution in [1.29, 1.82) is 0 Å². The van der Waals surface area contributed by atoms with Gasteiger partial charge in [0.25, 0.3) is 5.91 Å². The zero-order valence-electron chi connectivity index (χ0n) is 28.8. The molecule has 1 saturated carbocycles. The fourth-order valence-electron chi connectivity index (χ4n) is 5.70. The Hall–Kier alpha value is -3.93. The molecule has 1 atom stereocenters. The van der Waals surface area contributed by atoms with E-state index in [1.807, 2.05) is 75.4 Å². The second-order valence-corrected chi connectivity index (χ2v) is 15.4. The summed E-state index contributed by atoms with van der Waals surface area (Å²) < 4.78 is 39.2. The van der Waals surface area contributed by atoms with Crippen LogP contribution in [0.4, 0.5) is 4.79 Å². The van der Waals surface area contributed by atoms with Gasteiger partial charge in [-0.3, -0.25) is 4.79 Å². The first-order valence-corrected chi connectivity index (χ1v) is 18.8. The molecule has 0 radical (unpaired) electrons. The lowest BCUT2D eigenvalue weighted by Gasteiger charge is -2.29. The van der Waals surface area contributed by atoms with Crippen molar-refractivity contribution in [2.24, 2.45) is 0 Å². The van der Waals surface area contributed by atoms with Crippen molar-refractivity contribution in [3.05, 3.63) is 89.5 Å². The summed E-state index contributed by atoms with van der Waals surface area (Å²) >= 11 is 0. The fraction of sp³-hybridized carbons (Fsp3) is 0.474. The molecule has 0 heterocycles. The van der Waals surface area contributed by atoms with Gasteiger partial charge in [0.2, 0.25) is 10.0 Å². The molecule has 0 bridgehead atoms. The standard InChI is InChI=1S/C38H50N2O8S/c1-38(2,3)48-37(44)40(27-34(42)30-12-6-4-7-13-30)23-22-28-16-18-29(19-17-28)31-20-21-33(35(26-31)47-32-14-8-5-9-15-32)36(43)39-49(45,46)25-11-10-24-41/h4,6-7,12-13,16-21,26,32,34,41-42H,5,8-11,14-15,22-25,27H2,1-3H3,(H,39,43)/t34-/m0/s1. The summed E-state index contributed by atoms with van der Waals surface area (Å²) in [4.78, 5) is 27.8. The Morgan fingerprint density at radius 2 is 1.61 bits per heavy atom. The summed E-state index contributed by atoms with van der Waals surface area (Å²) in [5, 5.41) is 19.8. The van der Waals surface area contributed by atoms with Gasteiger partial charge in [-0.05, 0) is 100 Å². The van der Waals surface area contributed by atoms with E-state index in [-0.39, 0.29) is 37.0 Å². The Balaban J connectivity index is 1.50. The van der Waals surface area contributed by atoms with E-state index in [0.29, 0.717) is 25.1 Å². The zero-order valence-corrected chi connectivity index (χ0v) is 29.6. The third-order valence-electron chi connectivity index (χ3n) is 8.33. The number of carbonyl (C=O) groups is 2. The summed E-state index contributed by atoms with van der Waals surface area (Å²) in [6.45, 7) is 5.73. The third-order valence-corrected chi connectivity index (χ3v) is 9.65. The van der Waals surface area contributed by atoms with Crippen molar-refractivity contribution in [2.45, 2.75) is 89.9 Å². The first-order valence-electron chi connectivity index (χ1n) is 17.1. The maximum absolute atomic E-state index is 13.2. The Labute approximate surface area is 290 Å². The van der Waals surface area contributed by atoms with Crippen LogP contribution in [0, 0.1) is 0 Å². The molecular weight excluding hydrogens is 644 g/mol. The van der Waals surface area contributed by atoms with E-state index >= 15 is 0 Å². The monoisotopic (exact) mass is 694 g/mol. The molecule has 0 unspecified atom stereocenters. The second kappa shape index (κ2) is 17.6. The number of unbranched alkanes of at least 4 members (excludes halogenated alkanes) is 1. The lowest BCUT2D eigenvalue weighted by molar-refractivity contribution is 0.0147. The molecule has 1 aliphatic rings. The van der Waals surface area contributed by atoms with Crippen molar-refractivity contribution < 1.29 is 37.7 Å². The van der Waals surface area contributed by atoms with Gasteiger partial charge in [-0.25, -0.2) is 17.9 Å². The van der Waals surface area contributed by atoms with Gasteiger partial charge in [-0.1, -0.05) is 67.1 Å². The third kappa shape index (κ3) is 12.2. The average Bonchev–Trinajstić information content (AvgIpc) is 3.06. The molecule has 0 spiro atoms. The number of aliphatic hydroxyl groups is 2. The van der Waals surface area contributed by atoms with Gasteiger partial charge in [0.05, 0.1) is 30.1 Å². The SMILES string of the molecule is CC(C)(C)OC(=O)N(CCc1ccc(-c2ccc(C(=O)NS(=O)(=O)CCCCO)c(OC3CCCCC3)c2)cc1)C[C@H](O)c1ccccc1. The highest BCUT2D eigenvalue weighted by atomic mass is 32.2. The van der Waals surface area contributed by atoms with Crippen LogP contribution in [0.3, 0.4) is 0 Å². The van der Waals surface area contributed by atoms with Crippen LogP contribution >= 0.6 is 0 Å². The molecule has 10 nitrogen and oxygen atoms in total. The smallest absolute Gasteiger partial charge is 0.410 e. The molecule has 2 amide bonds. The van der Waals surface area contributed by atoms with Gasteiger partial charge in [0, 0.05) is 13.2 Å². The quantitative estimate of drug-likeness (QED) is 0.155. The fourth-order valence-corrected chi connectivity index (χ4v) is 6.78. The second-order valence-electron chi connectivity index (χ2n) is 13.6. The number of ether oxygens (including phenoxy) is 2. The van der Waals surface area contributed by atoms with Crippen molar-refractivity contribution in [3.63, 3.8) is 0 Å². The predicted octanol–water partition coefficient (Wildman–Crippen LogP) is 6.41. The molecule has 3 aromatic rings. The molecule has 1 aliphatic carbocycles. The number of hydrogen-bond donors (Lipinski definition) is 3. The minimum Gasteiger partial charge on any atom is -0.490 e. The zero-order chi connectivity index (χ0) is 35.4. The van der Waals surface area contributed by atoms with Gasteiger partial charge < -0.3 is 24.6 Å². The molecule has 11 heteroatoms. The first-order chi connectivity index (χ1) is 23.3. The van der Waals surface area contributed by atoms with E-state index < -0.39 is 33.7 Å². The van der Waals surface area contributed by atoms with Gasteiger partial charge in [0.1, 0.15) is 11.4 Å². The molecule has 3 aromatic carbocycles. The molecule has 0 aromatic heterocycles. The number of nitrogens with zero attached hydrogens (tertiary/aromatic N) is 1. The highest BCUT2D eigenvalue weighted by Crippen LogP contribution is 2.31. The summed E-state index contributed by atoms with van der Waals surface area (Å²) in [6, 6.07) is 22.2. The van der Waals surface area contributed by atoms with E-state index in [1.165, 1.54) is 4.90 Å². The molecule has 0 aliphatic heterocycles. The highest BCUT2D eigenvalue weighted by Gasteiger charge is 2.25. The number of benzene rings is 3. The van der Waals surface area contributed by atoms with Gasteiger partial charge in [0.15, 0.2) is 0 Å². The summed E-state index contributed by atoms with van der Waals surface area (Å²) in [5.74, 6) is -0.670. The Morgan fingerprint density at radius 1 is 0.939 bits per heavy atom. The lowest BCUT2D eigenvalue weighted by Crippen LogP contribution is -2.40. The van der Waals surface area contributed by atoms with E-state index in [0.717, 1.165) is 54.4 Å². The number of nitrogens with one attached hydrogen (secondary N) is 1. The number of rotatable bonds is 15. The molecule has 1 fully saturated rings. The summed E-state index contributed by atoms with van der Waals surface area (Å²) in [7, 11) is -3.88. The predicted molar refractivity (Wildman–Crippen MR) is 190 cm³/mol. The minimum atomic E-state index is -3.88. The average molecular weight is 695 g/mol. The Bertz CT molecular complexity index is 1620. The van der Waals surface area contributed by atoms with Crippen LogP contribution in [0.25, 0.3) is 11.1 Å². The Morgan fingerprint density at radius 3 is 2.27 bits per heavy atom. The molecule has 3 N–H and O–H groups in total. The van der Waals surface area contributed by atoms with E-state index in [1.54, 1.807) is 18.2 Å². The topological polar surface area (TPSA) is 142 Å². The van der Waals surface area contributed by atoms with E-state index in [4.69, 9.17) is 14.6 Å². The van der Waals surface area contributed by atoms with Crippen LogP contribution in [-0.4, -0.2) is 72.7 Å². The van der Waals surface area contributed by atoms with Crippen LogP contribution in [-0.2, 0) is 21.2 Å². The maximum Gasteiger partial charge on any atom is 0.410 e. The molecule has 266 valence electrons.